The van der Waals surface area contributed by atoms with Crippen LogP contribution in [-0.4, -0.2) is 43.3 Å². The summed E-state index contributed by atoms with van der Waals surface area (Å²) in [7, 11) is 2.02. The summed E-state index contributed by atoms with van der Waals surface area (Å²) in [4.78, 5) is 26.0. The van der Waals surface area contributed by atoms with Gasteiger partial charge in [0.2, 0.25) is 0 Å². The van der Waals surface area contributed by atoms with E-state index >= 15 is 0 Å². The maximum absolute atomic E-state index is 13.9. The zero-order valence-corrected chi connectivity index (χ0v) is 19.8. The Morgan fingerprint density at radius 2 is 1.91 bits per heavy atom. The number of nitrogens with zero attached hydrogens (tertiary/aromatic N) is 1. The lowest BCUT2D eigenvalue weighted by Gasteiger charge is -2.33. The first-order chi connectivity index (χ1) is 16.7. The molecule has 0 radical (unpaired) electrons. The van der Waals surface area contributed by atoms with Crippen LogP contribution in [0.4, 0.5) is 15.8 Å². The molecule has 0 aliphatic carbocycles. The van der Waals surface area contributed by atoms with E-state index < -0.39 is 18.2 Å². The van der Waals surface area contributed by atoms with Crippen molar-refractivity contribution in [3.05, 3.63) is 82.7 Å². The summed E-state index contributed by atoms with van der Waals surface area (Å²) in [6.07, 6.45) is -0.609. The third-order valence-corrected chi connectivity index (χ3v) is 5.88. The molecule has 2 N–H and O–H groups in total. The second-order valence-electron chi connectivity index (χ2n) is 8.66. The molecule has 0 saturated heterocycles. The van der Waals surface area contributed by atoms with E-state index in [9.17, 15) is 14.0 Å². The molecule has 0 unspecified atom stereocenters. The molecule has 0 saturated carbocycles. The van der Waals surface area contributed by atoms with Gasteiger partial charge in [0.15, 0.2) is 0 Å². The largest absolute Gasteiger partial charge is 0.489 e. The summed E-state index contributed by atoms with van der Waals surface area (Å²) in [6.45, 7) is 4.71. The average molecular weight is 479 g/mol. The Hall–Kier alpha value is -4.07. The molecule has 0 spiro atoms. The molecule has 0 aromatic heterocycles. The van der Waals surface area contributed by atoms with E-state index in [0.717, 1.165) is 23.1 Å². The van der Waals surface area contributed by atoms with Crippen molar-refractivity contribution < 1.29 is 28.6 Å². The van der Waals surface area contributed by atoms with Crippen molar-refractivity contribution in [1.29, 1.82) is 0 Å². The van der Waals surface area contributed by atoms with Crippen LogP contribution in [0.1, 0.15) is 27.0 Å². The smallest absolute Gasteiger partial charge is 0.307 e. The van der Waals surface area contributed by atoms with Gasteiger partial charge in [0.05, 0.1) is 18.7 Å². The molecule has 3 aromatic carbocycles. The molecule has 0 bridgehead atoms. The van der Waals surface area contributed by atoms with Crippen LogP contribution in [0, 0.1) is 19.7 Å². The summed E-state index contributed by atoms with van der Waals surface area (Å²) < 4.78 is 26.0. The Labute approximate surface area is 203 Å². The minimum absolute atomic E-state index is 0.00477. The van der Waals surface area contributed by atoms with Crippen molar-refractivity contribution in [2.24, 2.45) is 0 Å². The van der Waals surface area contributed by atoms with Crippen LogP contribution in [0.15, 0.2) is 54.6 Å². The van der Waals surface area contributed by atoms with E-state index in [1.165, 1.54) is 12.1 Å². The number of aliphatic carboxylic acids is 1. The summed E-state index contributed by atoms with van der Waals surface area (Å²) in [5, 5.41) is 11.7. The van der Waals surface area contributed by atoms with Crippen LogP contribution in [0.25, 0.3) is 0 Å². The quantitative estimate of drug-likeness (QED) is 0.516. The number of carboxylic acids is 1. The molecule has 4 rings (SSSR count). The molecule has 35 heavy (non-hydrogen) atoms. The van der Waals surface area contributed by atoms with E-state index in [4.69, 9.17) is 14.6 Å². The number of likely N-dealkylation sites (N-methyl/N-ethyl adjacent to an activating group) is 1. The molecule has 182 valence electrons. The minimum Gasteiger partial charge on any atom is -0.489 e. The van der Waals surface area contributed by atoms with E-state index in [0.29, 0.717) is 35.7 Å². The maximum Gasteiger partial charge on any atom is 0.307 e. The highest BCUT2D eigenvalue weighted by Gasteiger charge is 2.24. The lowest BCUT2D eigenvalue weighted by molar-refractivity contribution is -0.136. The monoisotopic (exact) mass is 478 g/mol. The fourth-order valence-corrected chi connectivity index (χ4v) is 4.10. The van der Waals surface area contributed by atoms with Gasteiger partial charge in [-0.05, 0) is 67.4 Å². The topological polar surface area (TPSA) is 88.1 Å². The first kappa shape index (κ1) is 24.1. The second kappa shape index (κ2) is 10.0. The lowest BCUT2D eigenvalue weighted by Crippen LogP contribution is -2.41. The standard InChI is InChI=1S/C27H27FN2O5/c1-16-11-25(34-15-20-14-30(3)23-6-4-5-7-24(23)35-20)17(2)10-21(16)27(33)29-19-8-9-22(28)18(12-19)13-26(31)32/h4-12,20H,13-15H2,1-3H3,(H,29,33)(H,31,32)/t20-/m0/s1. The Morgan fingerprint density at radius 1 is 1.14 bits per heavy atom. The number of carbonyl (C=O) groups is 2. The molecule has 0 fully saturated rings. The minimum atomic E-state index is -1.15. The van der Waals surface area contributed by atoms with Crippen molar-refractivity contribution in [3.8, 4) is 11.5 Å². The molecule has 1 atom stereocenters. The molecule has 7 nitrogen and oxygen atoms in total. The molecule has 3 aromatic rings. The Kier molecular flexibility index (Phi) is 6.91. The van der Waals surface area contributed by atoms with Crippen LogP contribution in [0.5, 0.6) is 11.5 Å². The summed E-state index contributed by atoms with van der Waals surface area (Å²) in [5.41, 5.74) is 3.32. The van der Waals surface area contributed by atoms with Gasteiger partial charge in [0, 0.05) is 23.9 Å². The molecule has 1 aliphatic heterocycles. The van der Waals surface area contributed by atoms with Crippen LogP contribution < -0.4 is 19.7 Å². The van der Waals surface area contributed by atoms with Gasteiger partial charge in [-0.25, -0.2) is 4.39 Å². The summed E-state index contributed by atoms with van der Waals surface area (Å²) in [5.74, 6) is -0.671. The van der Waals surface area contributed by atoms with Gasteiger partial charge >= 0.3 is 5.97 Å². The number of anilines is 2. The van der Waals surface area contributed by atoms with Gasteiger partial charge in [-0.1, -0.05) is 12.1 Å². The highest BCUT2D eigenvalue weighted by molar-refractivity contribution is 6.05. The Balaban J connectivity index is 1.43. The predicted octanol–water partition coefficient (Wildman–Crippen LogP) is 4.60. The van der Waals surface area contributed by atoms with Crippen molar-refractivity contribution in [2.75, 3.05) is 30.4 Å². The Bertz CT molecular complexity index is 1280. The first-order valence-corrected chi connectivity index (χ1v) is 11.2. The number of nitrogens with one attached hydrogen (secondary N) is 1. The first-order valence-electron chi connectivity index (χ1n) is 11.2. The number of ether oxygens (including phenoxy) is 2. The van der Waals surface area contributed by atoms with Gasteiger partial charge in [0.1, 0.15) is 30.0 Å². The Morgan fingerprint density at radius 3 is 2.69 bits per heavy atom. The average Bonchev–Trinajstić information content (AvgIpc) is 2.81. The number of amides is 1. The number of fused-ring (bicyclic) bond motifs is 1. The van der Waals surface area contributed by atoms with Gasteiger partial charge in [-0.2, -0.15) is 0 Å². The van der Waals surface area contributed by atoms with Crippen LogP contribution >= 0.6 is 0 Å². The number of aryl methyl sites for hydroxylation is 2. The maximum atomic E-state index is 13.9. The number of para-hydroxylation sites is 2. The van der Waals surface area contributed by atoms with E-state index in [2.05, 4.69) is 10.2 Å². The lowest BCUT2D eigenvalue weighted by atomic mass is 10.0. The zero-order valence-electron chi connectivity index (χ0n) is 19.8. The third-order valence-electron chi connectivity index (χ3n) is 5.88. The number of rotatable bonds is 7. The molecule has 1 aliphatic rings. The van der Waals surface area contributed by atoms with Crippen molar-refractivity contribution >= 4 is 23.3 Å². The highest BCUT2D eigenvalue weighted by atomic mass is 19.1. The fourth-order valence-electron chi connectivity index (χ4n) is 4.10. The molecule has 8 heteroatoms. The third kappa shape index (κ3) is 5.54. The van der Waals surface area contributed by atoms with Crippen molar-refractivity contribution in [3.63, 3.8) is 0 Å². The van der Waals surface area contributed by atoms with Gasteiger partial charge in [0.25, 0.3) is 5.91 Å². The highest BCUT2D eigenvalue weighted by Crippen LogP contribution is 2.32. The zero-order chi connectivity index (χ0) is 25.1. The fraction of sp³-hybridized carbons (Fsp3) is 0.259. The number of hydrogen-bond donors (Lipinski definition) is 2. The van der Waals surface area contributed by atoms with E-state index in [1.807, 2.05) is 51.2 Å². The molecular formula is C27H27FN2O5. The van der Waals surface area contributed by atoms with Gasteiger partial charge in [-0.15, -0.1) is 0 Å². The van der Waals surface area contributed by atoms with Crippen LogP contribution in [-0.2, 0) is 11.2 Å². The van der Waals surface area contributed by atoms with E-state index in [1.54, 1.807) is 6.07 Å². The number of halogens is 1. The molecule has 1 heterocycles. The second-order valence-corrected chi connectivity index (χ2v) is 8.66. The van der Waals surface area contributed by atoms with Crippen LogP contribution in [0.3, 0.4) is 0 Å². The van der Waals surface area contributed by atoms with Crippen molar-refractivity contribution in [1.82, 2.24) is 0 Å². The van der Waals surface area contributed by atoms with Gasteiger partial charge < -0.3 is 24.8 Å². The van der Waals surface area contributed by atoms with Gasteiger partial charge in [-0.3, -0.25) is 9.59 Å². The normalized spacial score (nSPS) is 14.6. The summed E-state index contributed by atoms with van der Waals surface area (Å²) in [6, 6.07) is 15.3. The number of benzene rings is 3. The molecular weight excluding hydrogens is 451 g/mol. The van der Waals surface area contributed by atoms with Crippen LogP contribution in [0.2, 0.25) is 0 Å². The van der Waals surface area contributed by atoms with E-state index in [-0.39, 0.29) is 17.6 Å². The number of carbonyl (C=O) groups excluding carboxylic acids is 1. The number of carboxylic acid groups (broad SMARTS) is 1. The predicted molar refractivity (Wildman–Crippen MR) is 131 cm³/mol. The summed E-state index contributed by atoms with van der Waals surface area (Å²) >= 11 is 0. The SMILES string of the molecule is Cc1cc(C(=O)Nc2ccc(F)c(CC(=O)O)c2)c(C)cc1OC[C@@H]1CN(C)c2ccccc2O1. The molecule has 1 amide bonds. The van der Waals surface area contributed by atoms with Crippen molar-refractivity contribution in [2.45, 2.75) is 26.4 Å². The number of hydrogen-bond acceptors (Lipinski definition) is 5.